The Morgan fingerprint density at radius 1 is 1.24 bits per heavy atom. The summed E-state index contributed by atoms with van der Waals surface area (Å²) in [7, 11) is 2.01. The fourth-order valence-electron chi connectivity index (χ4n) is 2.38. The fraction of sp³-hybridized carbons (Fsp3) is 0.538. The summed E-state index contributed by atoms with van der Waals surface area (Å²) in [5.74, 6) is 0.968. The van der Waals surface area contributed by atoms with Crippen LogP contribution in [0.5, 0.6) is 0 Å². The molecule has 2 atom stereocenters. The lowest BCUT2D eigenvalue weighted by Gasteiger charge is -2.27. The molecule has 0 bridgehead atoms. The highest BCUT2D eigenvalue weighted by molar-refractivity contribution is 7.16. The summed E-state index contributed by atoms with van der Waals surface area (Å²) in [5, 5.41) is 6.64. The topological polar surface area (TPSA) is 37.8 Å². The third-order valence-corrected chi connectivity index (χ3v) is 4.14. The van der Waals surface area contributed by atoms with E-state index in [0.29, 0.717) is 17.9 Å². The Balaban J connectivity index is 2.52. The number of nitrogens with zero attached hydrogens (tertiary/aromatic N) is 2. The molecule has 17 heavy (non-hydrogen) atoms. The molecule has 2 heterocycles. The van der Waals surface area contributed by atoms with Crippen molar-refractivity contribution < 1.29 is 0 Å². The summed E-state index contributed by atoms with van der Waals surface area (Å²) in [6.45, 7) is 6.71. The average molecular weight is 249 g/mol. The van der Waals surface area contributed by atoms with E-state index in [0.717, 1.165) is 4.83 Å². The molecule has 2 aromatic rings. The zero-order chi connectivity index (χ0) is 12.4. The van der Waals surface area contributed by atoms with Gasteiger partial charge in [0.1, 0.15) is 11.2 Å². The van der Waals surface area contributed by atoms with Crippen LogP contribution in [0, 0.1) is 5.92 Å². The van der Waals surface area contributed by atoms with Gasteiger partial charge < -0.3 is 5.32 Å². The molecule has 3 nitrogen and oxygen atoms in total. The van der Waals surface area contributed by atoms with Gasteiger partial charge in [-0.2, -0.15) is 0 Å². The number of fused-ring (bicyclic) bond motifs is 1. The molecular weight excluding hydrogens is 230 g/mol. The van der Waals surface area contributed by atoms with Crippen molar-refractivity contribution in [2.45, 2.75) is 32.7 Å². The van der Waals surface area contributed by atoms with Crippen LogP contribution in [0.15, 0.2) is 17.8 Å². The average Bonchev–Trinajstić information content (AvgIpc) is 2.77. The van der Waals surface area contributed by atoms with Crippen molar-refractivity contribution in [3.05, 3.63) is 23.5 Å². The van der Waals surface area contributed by atoms with Crippen molar-refractivity contribution in [2.75, 3.05) is 7.05 Å². The third kappa shape index (κ3) is 2.33. The van der Waals surface area contributed by atoms with Gasteiger partial charge in [0.15, 0.2) is 0 Å². The lowest BCUT2D eigenvalue weighted by molar-refractivity contribution is 0.390. The molecule has 2 unspecified atom stereocenters. The Morgan fingerprint density at radius 3 is 2.65 bits per heavy atom. The molecule has 92 valence electrons. The molecule has 0 aliphatic rings. The predicted molar refractivity (Wildman–Crippen MR) is 73.5 cm³/mol. The van der Waals surface area contributed by atoms with Gasteiger partial charge in [0.05, 0.1) is 5.69 Å². The van der Waals surface area contributed by atoms with Gasteiger partial charge in [0.2, 0.25) is 0 Å². The number of aromatic nitrogens is 2. The molecule has 2 rings (SSSR count). The monoisotopic (exact) mass is 249 g/mol. The number of likely N-dealkylation sites (N-methyl/N-ethyl adjacent to an activating group) is 1. The van der Waals surface area contributed by atoms with Crippen LogP contribution < -0.4 is 5.32 Å². The number of thiophene rings is 1. The van der Waals surface area contributed by atoms with Crippen LogP contribution in [-0.2, 0) is 0 Å². The maximum atomic E-state index is 4.53. The van der Waals surface area contributed by atoms with Crippen molar-refractivity contribution in [1.82, 2.24) is 15.3 Å². The second-order valence-corrected chi connectivity index (χ2v) is 5.64. The van der Waals surface area contributed by atoms with Gasteiger partial charge in [-0.05, 0) is 31.3 Å². The Morgan fingerprint density at radius 2 is 2.00 bits per heavy atom. The predicted octanol–water partition coefficient (Wildman–Crippen LogP) is 3.04. The smallest absolute Gasteiger partial charge is 0.126 e. The van der Waals surface area contributed by atoms with Gasteiger partial charge >= 0.3 is 0 Å². The van der Waals surface area contributed by atoms with Crippen molar-refractivity contribution in [2.24, 2.45) is 5.92 Å². The van der Waals surface area contributed by atoms with Gasteiger partial charge in [-0.1, -0.05) is 13.8 Å². The second-order valence-electron chi connectivity index (χ2n) is 4.75. The van der Waals surface area contributed by atoms with E-state index >= 15 is 0 Å². The summed E-state index contributed by atoms with van der Waals surface area (Å²) < 4.78 is 0. The summed E-state index contributed by atoms with van der Waals surface area (Å²) in [4.78, 5) is 9.93. The molecule has 0 aliphatic carbocycles. The van der Waals surface area contributed by atoms with E-state index in [4.69, 9.17) is 0 Å². The van der Waals surface area contributed by atoms with E-state index in [1.807, 2.05) is 7.05 Å². The van der Waals surface area contributed by atoms with Crippen LogP contribution in [0.4, 0.5) is 0 Å². The standard InChI is InChI=1S/C13H19N3S/c1-8(2)11(9(3)14-4)12-10-5-6-17-13(10)16-7-15-12/h5-9,11,14H,1-4H3. The van der Waals surface area contributed by atoms with Crippen molar-refractivity contribution in [3.8, 4) is 0 Å². The SMILES string of the molecule is CNC(C)C(c1ncnc2sccc12)C(C)C. The summed E-state index contributed by atoms with van der Waals surface area (Å²) in [6.07, 6.45) is 1.69. The van der Waals surface area contributed by atoms with E-state index in [9.17, 15) is 0 Å². The normalized spacial score (nSPS) is 15.4. The van der Waals surface area contributed by atoms with E-state index in [2.05, 4.69) is 47.5 Å². The van der Waals surface area contributed by atoms with E-state index < -0.39 is 0 Å². The largest absolute Gasteiger partial charge is 0.317 e. The van der Waals surface area contributed by atoms with Gasteiger partial charge in [0.25, 0.3) is 0 Å². The quantitative estimate of drug-likeness (QED) is 0.905. The van der Waals surface area contributed by atoms with Crippen molar-refractivity contribution in [3.63, 3.8) is 0 Å². The molecule has 2 aromatic heterocycles. The van der Waals surface area contributed by atoms with Crippen LogP contribution in [0.3, 0.4) is 0 Å². The lowest BCUT2D eigenvalue weighted by atomic mass is 9.85. The number of hydrogen-bond donors (Lipinski definition) is 1. The van der Waals surface area contributed by atoms with Gasteiger partial charge in [-0.25, -0.2) is 9.97 Å². The van der Waals surface area contributed by atoms with Crippen molar-refractivity contribution >= 4 is 21.6 Å². The van der Waals surface area contributed by atoms with Crippen LogP contribution in [0.25, 0.3) is 10.2 Å². The zero-order valence-electron chi connectivity index (χ0n) is 10.8. The van der Waals surface area contributed by atoms with E-state index in [1.54, 1.807) is 17.7 Å². The first kappa shape index (κ1) is 12.5. The Labute approximate surface area is 106 Å². The van der Waals surface area contributed by atoms with E-state index in [1.165, 1.54) is 11.1 Å². The molecule has 0 saturated heterocycles. The first-order chi connectivity index (χ1) is 8.15. The summed E-state index contributed by atoms with van der Waals surface area (Å²) >= 11 is 1.68. The minimum absolute atomic E-state index is 0.410. The Hall–Kier alpha value is -1.00. The molecule has 0 saturated carbocycles. The summed E-state index contributed by atoms with van der Waals surface area (Å²) in [5.41, 5.74) is 1.17. The van der Waals surface area contributed by atoms with Gasteiger partial charge in [-0.3, -0.25) is 0 Å². The number of nitrogens with one attached hydrogen (secondary N) is 1. The van der Waals surface area contributed by atoms with Gasteiger partial charge in [0, 0.05) is 17.3 Å². The Kier molecular flexibility index (Phi) is 3.74. The molecular formula is C13H19N3S. The molecule has 4 heteroatoms. The Bertz CT molecular complexity index is 492. The van der Waals surface area contributed by atoms with Crippen LogP contribution >= 0.6 is 11.3 Å². The highest BCUT2D eigenvalue weighted by atomic mass is 32.1. The second kappa shape index (κ2) is 5.10. The lowest BCUT2D eigenvalue weighted by Crippen LogP contribution is -2.32. The molecule has 0 radical (unpaired) electrons. The molecule has 1 N–H and O–H groups in total. The minimum Gasteiger partial charge on any atom is -0.317 e. The van der Waals surface area contributed by atoms with Crippen LogP contribution in [-0.4, -0.2) is 23.1 Å². The number of rotatable bonds is 4. The molecule has 0 fully saturated rings. The molecule has 0 spiro atoms. The maximum Gasteiger partial charge on any atom is 0.126 e. The first-order valence-electron chi connectivity index (χ1n) is 6.00. The summed E-state index contributed by atoms with van der Waals surface area (Å²) in [6, 6.07) is 2.54. The third-order valence-electron chi connectivity index (χ3n) is 3.32. The zero-order valence-corrected chi connectivity index (χ0v) is 11.6. The molecule has 0 amide bonds. The molecule has 0 aliphatic heterocycles. The first-order valence-corrected chi connectivity index (χ1v) is 6.88. The highest BCUT2D eigenvalue weighted by Gasteiger charge is 2.25. The fourth-order valence-corrected chi connectivity index (χ4v) is 3.12. The molecule has 0 aromatic carbocycles. The minimum atomic E-state index is 0.410. The maximum absolute atomic E-state index is 4.53. The van der Waals surface area contributed by atoms with Gasteiger partial charge in [-0.15, -0.1) is 11.3 Å². The highest BCUT2D eigenvalue weighted by Crippen LogP contribution is 2.32. The van der Waals surface area contributed by atoms with Crippen LogP contribution in [0.2, 0.25) is 0 Å². The number of hydrogen-bond acceptors (Lipinski definition) is 4. The van der Waals surface area contributed by atoms with Crippen LogP contribution in [0.1, 0.15) is 32.4 Å². The van der Waals surface area contributed by atoms with E-state index in [-0.39, 0.29) is 0 Å². The van der Waals surface area contributed by atoms with Crippen molar-refractivity contribution in [1.29, 1.82) is 0 Å².